The van der Waals surface area contributed by atoms with Crippen molar-refractivity contribution in [3.63, 3.8) is 0 Å². The van der Waals surface area contributed by atoms with Gasteiger partial charge in [0.2, 0.25) is 0 Å². The van der Waals surface area contributed by atoms with Gasteiger partial charge < -0.3 is 9.84 Å². The van der Waals surface area contributed by atoms with Gasteiger partial charge in [-0.25, -0.2) is 10.2 Å². The predicted molar refractivity (Wildman–Crippen MR) is 82.6 cm³/mol. The highest BCUT2D eigenvalue weighted by atomic mass is 16.6. The molecule has 0 radical (unpaired) electrons. The van der Waals surface area contributed by atoms with E-state index < -0.39 is 11.7 Å². The number of nitrogens with zero attached hydrogens (tertiary/aromatic N) is 1. The van der Waals surface area contributed by atoms with Crippen LogP contribution in [0.1, 0.15) is 26.3 Å². The van der Waals surface area contributed by atoms with Crippen LogP contribution in [0.4, 0.5) is 4.79 Å². The Morgan fingerprint density at radius 3 is 2.67 bits per heavy atom. The molecule has 0 saturated carbocycles. The lowest BCUT2D eigenvalue weighted by Crippen LogP contribution is -2.29. The van der Waals surface area contributed by atoms with Crippen molar-refractivity contribution >= 4 is 23.1 Å². The van der Waals surface area contributed by atoms with Crippen LogP contribution in [0.2, 0.25) is 0 Å². The number of nitrogens with one attached hydrogen (secondary N) is 1. The second-order valence-electron chi connectivity index (χ2n) is 5.59. The van der Waals surface area contributed by atoms with E-state index in [1.807, 2.05) is 30.3 Å². The first kappa shape index (κ1) is 14.8. The number of carbonyl (C=O) groups is 1. The highest BCUT2D eigenvalue weighted by molar-refractivity contribution is 6.02. The fourth-order valence-corrected chi connectivity index (χ4v) is 1.87. The zero-order valence-electron chi connectivity index (χ0n) is 12.3. The first-order valence-electron chi connectivity index (χ1n) is 6.59. The minimum absolute atomic E-state index is 0.100. The summed E-state index contributed by atoms with van der Waals surface area (Å²) >= 11 is 0. The minimum Gasteiger partial charge on any atom is -0.507 e. The standard InChI is InChI=1S/C16H18N2O3/c1-16(2,3)21-15(20)18-17-10-13-12-7-5-4-6-11(12)8-9-14(13)19/h4-10,19H,1-3H3,(H,18,20). The molecule has 0 aliphatic heterocycles. The maximum atomic E-state index is 11.5. The summed E-state index contributed by atoms with van der Waals surface area (Å²) in [5.41, 5.74) is 2.24. The van der Waals surface area contributed by atoms with Crippen molar-refractivity contribution in [3.05, 3.63) is 42.0 Å². The molecular formula is C16H18N2O3. The average Bonchev–Trinajstić information content (AvgIpc) is 2.39. The molecule has 110 valence electrons. The Morgan fingerprint density at radius 1 is 1.24 bits per heavy atom. The Bertz CT molecular complexity index is 687. The summed E-state index contributed by atoms with van der Waals surface area (Å²) in [7, 11) is 0. The molecule has 0 saturated heterocycles. The quantitative estimate of drug-likeness (QED) is 0.656. The van der Waals surface area contributed by atoms with Gasteiger partial charge in [0.05, 0.1) is 6.21 Å². The number of hydrogen-bond acceptors (Lipinski definition) is 4. The van der Waals surface area contributed by atoms with Gasteiger partial charge in [-0.15, -0.1) is 0 Å². The lowest BCUT2D eigenvalue weighted by Gasteiger charge is -2.18. The van der Waals surface area contributed by atoms with Crippen molar-refractivity contribution < 1.29 is 14.6 Å². The molecule has 0 unspecified atom stereocenters. The van der Waals surface area contributed by atoms with Gasteiger partial charge in [-0.3, -0.25) is 0 Å². The Balaban J connectivity index is 2.18. The SMILES string of the molecule is CC(C)(C)OC(=O)NN=Cc1c(O)ccc2ccccc12. The van der Waals surface area contributed by atoms with E-state index >= 15 is 0 Å². The summed E-state index contributed by atoms with van der Waals surface area (Å²) in [5.74, 6) is 0.100. The summed E-state index contributed by atoms with van der Waals surface area (Å²) in [5, 5.41) is 15.6. The van der Waals surface area contributed by atoms with Gasteiger partial charge in [-0.2, -0.15) is 5.10 Å². The van der Waals surface area contributed by atoms with E-state index in [1.165, 1.54) is 6.21 Å². The van der Waals surface area contributed by atoms with Crippen LogP contribution in [-0.2, 0) is 4.74 Å². The van der Waals surface area contributed by atoms with Crippen molar-refractivity contribution in [2.75, 3.05) is 0 Å². The molecule has 0 atom stereocenters. The van der Waals surface area contributed by atoms with Crippen molar-refractivity contribution in [3.8, 4) is 5.75 Å². The number of ether oxygens (including phenoxy) is 1. The number of aromatic hydroxyl groups is 1. The number of rotatable bonds is 2. The topological polar surface area (TPSA) is 70.9 Å². The Labute approximate surface area is 123 Å². The van der Waals surface area contributed by atoms with Gasteiger partial charge in [0.1, 0.15) is 11.4 Å². The molecule has 0 aliphatic carbocycles. The first-order valence-corrected chi connectivity index (χ1v) is 6.59. The van der Waals surface area contributed by atoms with Gasteiger partial charge in [0, 0.05) is 5.56 Å². The summed E-state index contributed by atoms with van der Waals surface area (Å²) < 4.78 is 5.07. The van der Waals surface area contributed by atoms with E-state index in [0.717, 1.165) is 10.8 Å². The Morgan fingerprint density at radius 2 is 1.95 bits per heavy atom. The zero-order chi connectivity index (χ0) is 15.5. The van der Waals surface area contributed by atoms with Crippen molar-refractivity contribution in [1.29, 1.82) is 0 Å². The highest BCUT2D eigenvalue weighted by Gasteiger charge is 2.15. The molecule has 0 aromatic heterocycles. The molecule has 2 aromatic rings. The van der Waals surface area contributed by atoms with E-state index in [1.54, 1.807) is 26.8 Å². The maximum absolute atomic E-state index is 11.5. The van der Waals surface area contributed by atoms with Crippen LogP contribution >= 0.6 is 0 Å². The summed E-state index contributed by atoms with van der Waals surface area (Å²) in [6.07, 6.45) is 0.764. The summed E-state index contributed by atoms with van der Waals surface area (Å²) in [4.78, 5) is 11.5. The largest absolute Gasteiger partial charge is 0.507 e. The molecule has 0 aliphatic rings. The lowest BCUT2D eigenvalue weighted by molar-refractivity contribution is 0.0529. The molecule has 5 nitrogen and oxygen atoms in total. The molecule has 0 spiro atoms. The van der Waals surface area contributed by atoms with Gasteiger partial charge >= 0.3 is 6.09 Å². The Kier molecular flexibility index (Phi) is 4.12. The van der Waals surface area contributed by atoms with Gasteiger partial charge in [-0.1, -0.05) is 30.3 Å². The van der Waals surface area contributed by atoms with Crippen LogP contribution in [-0.4, -0.2) is 23.0 Å². The van der Waals surface area contributed by atoms with Crippen LogP contribution < -0.4 is 5.43 Å². The van der Waals surface area contributed by atoms with Crippen LogP contribution in [0.25, 0.3) is 10.8 Å². The van der Waals surface area contributed by atoms with E-state index in [-0.39, 0.29) is 5.75 Å². The number of amides is 1. The number of phenols is 1. The molecule has 2 rings (SSSR count). The van der Waals surface area contributed by atoms with Gasteiger partial charge in [0.25, 0.3) is 0 Å². The van der Waals surface area contributed by atoms with Crippen LogP contribution in [0.3, 0.4) is 0 Å². The van der Waals surface area contributed by atoms with Crippen LogP contribution in [0.15, 0.2) is 41.5 Å². The van der Waals surface area contributed by atoms with Crippen LogP contribution in [0.5, 0.6) is 5.75 Å². The average molecular weight is 286 g/mol. The molecule has 0 fully saturated rings. The third-order valence-corrected chi connectivity index (χ3v) is 2.70. The van der Waals surface area contributed by atoms with E-state index in [9.17, 15) is 9.90 Å². The maximum Gasteiger partial charge on any atom is 0.428 e. The second kappa shape index (κ2) is 5.83. The predicted octanol–water partition coefficient (Wildman–Crippen LogP) is 3.40. The number of fused-ring (bicyclic) bond motifs is 1. The van der Waals surface area contributed by atoms with Crippen molar-refractivity contribution in [1.82, 2.24) is 5.43 Å². The monoisotopic (exact) mass is 286 g/mol. The molecule has 21 heavy (non-hydrogen) atoms. The number of hydrogen-bond donors (Lipinski definition) is 2. The first-order chi connectivity index (χ1) is 9.87. The zero-order valence-corrected chi connectivity index (χ0v) is 12.3. The van der Waals surface area contributed by atoms with Crippen LogP contribution in [0, 0.1) is 0 Å². The summed E-state index contributed by atoms with van der Waals surface area (Å²) in [6.45, 7) is 5.31. The number of hydrazone groups is 1. The number of benzene rings is 2. The van der Waals surface area contributed by atoms with Gasteiger partial charge in [0.15, 0.2) is 0 Å². The molecule has 2 aromatic carbocycles. The molecule has 0 heterocycles. The van der Waals surface area contributed by atoms with E-state index in [0.29, 0.717) is 5.56 Å². The third kappa shape index (κ3) is 3.95. The van der Waals surface area contributed by atoms with Crippen molar-refractivity contribution in [2.45, 2.75) is 26.4 Å². The third-order valence-electron chi connectivity index (χ3n) is 2.70. The molecule has 2 N–H and O–H groups in total. The fourth-order valence-electron chi connectivity index (χ4n) is 1.87. The smallest absolute Gasteiger partial charge is 0.428 e. The Hall–Kier alpha value is -2.56. The van der Waals surface area contributed by atoms with Crippen molar-refractivity contribution in [2.24, 2.45) is 5.10 Å². The van der Waals surface area contributed by atoms with E-state index in [4.69, 9.17) is 4.74 Å². The van der Waals surface area contributed by atoms with E-state index in [2.05, 4.69) is 10.5 Å². The molecule has 5 heteroatoms. The highest BCUT2D eigenvalue weighted by Crippen LogP contribution is 2.25. The lowest BCUT2D eigenvalue weighted by atomic mass is 10.0. The second-order valence-corrected chi connectivity index (χ2v) is 5.59. The number of phenolic OH excluding ortho intramolecular Hbond substituents is 1. The van der Waals surface area contributed by atoms with Gasteiger partial charge in [-0.05, 0) is 37.6 Å². The molecule has 1 amide bonds. The number of carbonyl (C=O) groups excluding carboxylic acids is 1. The summed E-state index contributed by atoms with van der Waals surface area (Å²) in [6, 6.07) is 11.0. The molecular weight excluding hydrogens is 268 g/mol. The minimum atomic E-state index is -0.640. The molecule has 0 bridgehead atoms. The normalized spacial score (nSPS) is 11.8. The fraction of sp³-hybridized carbons (Fsp3) is 0.250.